The van der Waals surface area contributed by atoms with Crippen molar-refractivity contribution in [2.75, 3.05) is 0 Å². The Morgan fingerprint density at radius 2 is 1.93 bits per heavy atom. The van der Waals surface area contributed by atoms with Crippen molar-refractivity contribution in [1.82, 2.24) is 10.5 Å². The Morgan fingerprint density at radius 1 is 1.07 bits per heavy atom. The van der Waals surface area contributed by atoms with Crippen molar-refractivity contribution in [3.8, 4) is 5.75 Å². The summed E-state index contributed by atoms with van der Waals surface area (Å²) in [5.41, 5.74) is 4.06. The lowest BCUT2D eigenvalue weighted by atomic mass is 10.2. The van der Waals surface area contributed by atoms with E-state index in [1.807, 2.05) is 42.5 Å². The van der Waals surface area contributed by atoms with E-state index in [1.54, 1.807) is 12.4 Å². The number of nitrogens with one attached hydrogen (secondary N) is 1. The molecular weight excluding hydrogens is 188 g/mol. The van der Waals surface area contributed by atoms with Crippen molar-refractivity contribution >= 4 is 0 Å². The molecule has 0 saturated carbocycles. The number of benzene rings is 1. The van der Waals surface area contributed by atoms with Gasteiger partial charge >= 0.3 is 0 Å². The maximum Gasteiger partial charge on any atom is 0.165 e. The average molecular weight is 200 g/mol. The van der Waals surface area contributed by atoms with Crippen molar-refractivity contribution < 1.29 is 4.84 Å². The minimum atomic E-state index is 0.676. The standard InChI is InChI=1S/C12H12N2O/c1-2-5-11(6-3-1)9-14-15-12-7-4-8-13-10-12/h1-8,10,14H,9H2. The molecule has 0 aliphatic carbocycles. The highest BCUT2D eigenvalue weighted by Gasteiger charge is 1.92. The van der Waals surface area contributed by atoms with Gasteiger partial charge in [0.2, 0.25) is 0 Å². The molecule has 1 N–H and O–H groups in total. The summed E-state index contributed by atoms with van der Waals surface area (Å²) in [6.45, 7) is 0.676. The molecule has 0 aliphatic rings. The molecule has 3 nitrogen and oxygen atoms in total. The SMILES string of the molecule is c1ccc(CNOc2cccnc2)cc1. The molecule has 1 aromatic heterocycles. The normalized spacial score (nSPS) is 9.87. The lowest BCUT2D eigenvalue weighted by Crippen LogP contribution is -2.17. The van der Waals surface area contributed by atoms with E-state index in [-0.39, 0.29) is 0 Å². The third-order valence-corrected chi connectivity index (χ3v) is 1.94. The molecule has 76 valence electrons. The predicted molar refractivity (Wildman–Crippen MR) is 58.1 cm³/mol. The molecule has 0 amide bonds. The number of nitrogens with zero attached hydrogens (tertiary/aromatic N) is 1. The molecule has 1 aromatic carbocycles. The zero-order chi connectivity index (χ0) is 10.3. The molecule has 3 heteroatoms. The number of hydrogen-bond acceptors (Lipinski definition) is 3. The molecule has 15 heavy (non-hydrogen) atoms. The number of hydroxylamine groups is 1. The highest BCUT2D eigenvalue weighted by atomic mass is 16.6. The summed E-state index contributed by atoms with van der Waals surface area (Å²) in [6.07, 6.45) is 3.38. The van der Waals surface area contributed by atoms with Gasteiger partial charge in [-0.25, -0.2) is 0 Å². The van der Waals surface area contributed by atoms with Crippen LogP contribution < -0.4 is 10.3 Å². The van der Waals surface area contributed by atoms with Gasteiger partial charge in [0.25, 0.3) is 0 Å². The first-order chi connectivity index (χ1) is 7.45. The topological polar surface area (TPSA) is 34.1 Å². The number of rotatable bonds is 4. The van der Waals surface area contributed by atoms with Crippen LogP contribution in [0.15, 0.2) is 54.9 Å². The second-order valence-electron chi connectivity index (χ2n) is 3.10. The van der Waals surface area contributed by atoms with Crippen LogP contribution in [0, 0.1) is 0 Å². The highest BCUT2D eigenvalue weighted by Crippen LogP contribution is 2.04. The van der Waals surface area contributed by atoms with E-state index >= 15 is 0 Å². The fourth-order valence-corrected chi connectivity index (χ4v) is 1.21. The van der Waals surface area contributed by atoms with E-state index in [0.717, 1.165) is 0 Å². The second-order valence-corrected chi connectivity index (χ2v) is 3.10. The van der Waals surface area contributed by atoms with E-state index in [2.05, 4.69) is 10.5 Å². The van der Waals surface area contributed by atoms with Crippen LogP contribution in [0.3, 0.4) is 0 Å². The van der Waals surface area contributed by atoms with Gasteiger partial charge in [0.15, 0.2) is 5.75 Å². The lowest BCUT2D eigenvalue weighted by molar-refractivity contribution is 0.190. The smallest absolute Gasteiger partial charge is 0.165 e. The zero-order valence-electron chi connectivity index (χ0n) is 8.26. The molecule has 0 spiro atoms. The molecular formula is C12H12N2O. The van der Waals surface area contributed by atoms with Crippen LogP contribution in [0.4, 0.5) is 0 Å². The fraction of sp³-hybridized carbons (Fsp3) is 0.0833. The first-order valence-corrected chi connectivity index (χ1v) is 4.79. The van der Waals surface area contributed by atoms with Crippen LogP contribution >= 0.6 is 0 Å². The third-order valence-electron chi connectivity index (χ3n) is 1.94. The van der Waals surface area contributed by atoms with Crippen molar-refractivity contribution in [2.45, 2.75) is 6.54 Å². The minimum Gasteiger partial charge on any atom is -0.407 e. The maximum atomic E-state index is 5.30. The summed E-state index contributed by atoms with van der Waals surface area (Å²) >= 11 is 0. The largest absolute Gasteiger partial charge is 0.407 e. The molecule has 2 aromatic rings. The molecule has 0 atom stereocenters. The average Bonchev–Trinajstić information content (AvgIpc) is 2.32. The van der Waals surface area contributed by atoms with Crippen molar-refractivity contribution in [3.63, 3.8) is 0 Å². The van der Waals surface area contributed by atoms with E-state index < -0.39 is 0 Å². The molecule has 0 radical (unpaired) electrons. The van der Waals surface area contributed by atoms with Crippen LogP contribution in [0.5, 0.6) is 5.75 Å². The van der Waals surface area contributed by atoms with Gasteiger partial charge in [0, 0.05) is 6.20 Å². The summed E-state index contributed by atoms with van der Waals surface area (Å²) in [5, 5.41) is 0. The van der Waals surface area contributed by atoms with Gasteiger partial charge in [-0.05, 0) is 17.7 Å². The fourth-order valence-electron chi connectivity index (χ4n) is 1.21. The van der Waals surface area contributed by atoms with Crippen molar-refractivity contribution in [2.24, 2.45) is 0 Å². The Morgan fingerprint density at radius 3 is 2.67 bits per heavy atom. The third kappa shape index (κ3) is 3.07. The summed E-state index contributed by atoms with van der Waals surface area (Å²) in [7, 11) is 0. The summed E-state index contributed by atoms with van der Waals surface area (Å²) < 4.78 is 0. The van der Waals surface area contributed by atoms with E-state index in [0.29, 0.717) is 12.3 Å². The van der Waals surface area contributed by atoms with Crippen LogP contribution in [0.25, 0.3) is 0 Å². The van der Waals surface area contributed by atoms with E-state index in [1.165, 1.54) is 5.56 Å². The van der Waals surface area contributed by atoms with Crippen molar-refractivity contribution in [3.05, 3.63) is 60.4 Å². The Labute approximate surface area is 88.7 Å². The van der Waals surface area contributed by atoms with Gasteiger partial charge < -0.3 is 4.84 Å². The molecule has 1 heterocycles. The summed E-state index contributed by atoms with van der Waals surface area (Å²) in [5.74, 6) is 0.716. The predicted octanol–water partition coefficient (Wildman–Crippen LogP) is 2.17. The molecule has 0 saturated heterocycles. The first kappa shape index (κ1) is 9.68. The lowest BCUT2D eigenvalue weighted by Gasteiger charge is -2.06. The quantitative estimate of drug-likeness (QED) is 0.768. The molecule has 2 rings (SSSR count). The van der Waals surface area contributed by atoms with Gasteiger partial charge in [-0.3, -0.25) is 4.98 Å². The van der Waals surface area contributed by atoms with Crippen LogP contribution in [0.2, 0.25) is 0 Å². The Hall–Kier alpha value is -1.87. The Bertz CT molecular complexity index is 349. The maximum absolute atomic E-state index is 5.30. The Kier molecular flexibility index (Phi) is 3.30. The zero-order valence-corrected chi connectivity index (χ0v) is 8.26. The Balaban J connectivity index is 1.81. The summed E-state index contributed by atoms with van der Waals surface area (Å²) in [6, 6.07) is 13.8. The van der Waals surface area contributed by atoms with Crippen LogP contribution in [-0.4, -0.2) is 4.98 Å². The van der Waals surface area contributed by atoms with E-state index in [9.17, 15) is 0 Å². The molecule has 0 fully saturated rings. The molecule has 0 aliphatic heterocycles. The number of hydrogen-bond donors (Lipinski definition) is 1. The minimum absolute atomic E-state index is 0.676. The first-order valence-electron chi connectivity index (χ1n) is 4.79. The van der Waals surface area contributed by atoms with Crippen molar-refractivity contribution in [1.29, 1.82) is 0 Å². The number of aromatic nitrogens is 1. The van der Waals surface area contributed by atoms with Crippen LogP contribution in [-0.2, 0) is 6.54 Å². The molecule has 0 bridgehead atoms. The van der Waals surface area contributed by atoms with E-state index in [4.69, 9.17) is 4.84 Å². The monoisotopic (exact) mass is 200 g/mol. The van der Waals surface area contributed by atoms with Gasteiger partial charge in [-0.15, -0.1) is 0 Å². The highest BCUT2D eigenvalue weighted by molar-refractivity contribution is 5.16. The van der Waals surface area contributed by atoms with Gasteiger partial charge in [0.1, 0.15) is 0 Å². The van der Waals surface area contributed by atoms with Gasteiger partial charge in [0.05, 0.1) is 12.7 Å². The molecule has 0 unspecified atom stereocenters. The van der Waals surface area contributed by atoms with Gasteiger partial charge in [-0.2, -0.15) is 5.48 Å². The van der Waals surface area contributed by atoms with Crippen LogP contribution in [0.1, 0.15) is 5.56 Å². The van der Waals surface area contributed by atoms with Gasteiger partial charge in [-0.1, -0.05) is 30.3 Å². The summed E-state index contributed by atoms with van der Waals surface area (Å²) in [4.78, 5) is 9.24. The second kappa shape index (κ2) is 5.12. The number of pyridine rings is 1.